The van der Waals surface area contributed by atoms with Crippen LogP contribution in [0.3, 0.4) is 0 Å². The number of guanidine groups is 1. The molecule has 0 aliphatic rings. The van der Waals surface area contributed by atoms with Gasteiger partial charge in [-0.25, -0.2) is 4.79 Å². The SMILES string of the molecule is CC(N)C(=O)NC(Cc1ccc(O)cc1)C(=O)NC(Cc1ccccc1)C(=O)NC(CCCN=C(N)N)C(=O)O. The minimum Gasteiger partial charge on any atom is -0.508 e. The van der Waals surface area contributed by atoms with E-state index in [4.69, 9.17) is 17.2 Å². The van der Waals surface area contributed by atoms with Crippen LogP contribution in [0.2, 0.25) is 0 Å². The predicted molar refractivity (Wildman–Crippen MR) is 149 cm³/mol. The van der Waals surface area contributed by atoms with Crippen LogP contribution in [0.15, 0.2) is 59.6 Å². The standard InChI is InChI=1S/C27H37N7O6/c1-16(28)23(36)33-21(15-18-9-11-19(35)12-10-18)25(38)34-22(14-17-6-3-2-4-7-17)24(37)32-20(26(39)40)8-5-13-31-27(29)30/h2-4,6-7,9-12,16,20-22,35H,5,8,13-15,28H2,1H3,(H,32,37)(H,33,36)(H,34,38)(H,39,40)(H4,29,30,31). The molecule has 13 heteroatoms. The zero-order chi connectivity index (χ0) is 29.7. The fourth-order valence-electron chi connectivity index (χ4n) is 3.74. The molecule has 0 spiro atoms. The number of amides is 3. The lowest BCUT2D eigenvalue weighted by molar-refractivity contribution is -0.142. The van der Waals surface area contributed by atoms with Crippen molar-refractivity contribution in [1.82, 2.24) is 16.0 Å². The Kier molecular flexibility index (Phi) is 12.4. The van der Waals surface area contributed by atoms with E-state index in [1.54, 1.807) is 42.5 Å². The van der Waals surface area contributed by atoms with Gasteiger partial charge in [0, 0.05) is 19.4 Å². The smallest absolute Gasteiger partial charge is 0.326 e. The molecule has 40 heavy (non-hydrogen) atoms. The maximum atomic E-state index is 13.4. The van der Waals surface area contributed by atoms with Crippen molar-refractivity contribution in [3.63, 3.8) is 0 Å². The predicted octanol–water partition coefficient (Wildman–Crippen LogP) is -0.883. The topological polar surface area (TPSA) is 235 Å². The minimum atomic E-state index is -1.25. The Balaban J connectivity index is 2.25. The highest BCUT2D eigenvalue weighted by Crippen LogP contribution is 2.12. The molecule has 0 bridgehead atoms. The molecule has 13 nitrogen and oxygen atoms in total. The van der Waals surface area contributed by atoms with Gasteiger partial charge >= 0.3 is 5.97 Å². The molecule has 0 aliphatic heterocycles. The van der Waals surface area contributed by atoms with Gasteiger partial charge in [-0.3, -0.25) is 19.4 Å². The number of aromatic hydroxyl groups is 1. The van der Waals surface area contributed by atoms with Gasteiger partial charge in [-0.15, -0.1) is 0 Å². The van der Waals surface area contributed by atoms with Crippen molar-refractivity contribution in [3.8, 4) is 5.75 Å². The summed E-state index contributed by atoms with van der Waals surface area (Å²) in [5, 5.41) is 27.0. The van der Waals surface area contributed by atoms with Gasteiger partial charge in [-0.05, 0) is 43.0 Å². The third kappa shape index (κ3) is 11.0. The van der Waals surface area contributed by atoms with Gasteiger partial charge in [0.1, 0.15) is 23.9 Å². The van der Waals surface area contributed by atoms with Gasteiger partial charge in [0.15, 0.2) is 5.96 Å². The number of aliphatic imine (C=N–C) groups is 1. The van der Waals surface area contributed by atoms with E-state index in [0.29, 0.717) is 12.0 Å². The number of phenols is 1. The second-order valence-electron chi connectivity index (χ2n) is 9.32. The Morgan fingerprint density at radius 1 is 0.800 bits per heavy atom. The molecule has 0 saturated carbocycles. The van der Waals surface area contributed by atoms with Gasteiger partial charge in [0.2, 0.25) is 17.7 Å². The number of nitrogens with one attached hydrogen (secondary N) is 3. The molecule has 0 saturated heterocycles. The third-order valence-corrected chi connectivity index (χ3v) is 5.90. The van der Waals surface area contributed by atoms with E-state index in [1.165, 1.54) is 19.1 Å². The molecule has 11 N–H and O–H groups in total. The van der Waals surface area contributed by atoms with Crippen LogP contribution in [0.1, 0.15) is 30.9 Å². The number of phenolic OH excluding ortho intramolecular Hbond substituents is 1. The van der Waals surface area contributed by atoms with E-state index >= 15 is 0 Å². The van der Waals surface area contributed by atoms with E-state index in [2.05, 4.69) is 20.9 Å². The summed E-state index contributed by atoms with van der Waals surface area (Å²) in [6.07, 6.45) is 0.458. The first-order valence-corrected chi connectivity index (χ1v) is 12.7. The lowest BCUT2D eigenvalue weighted by Crippen LogP contribution is -2.58. The van der Waals surface area contributed by atoms with Crippen LogP contribution in [0.5, 0.6) is 5.75 Å². The molecule has 2 rings (SSSR count). The van der Waals surface area contributed by atoms with Crippen molar-refractivity contribution in [3.05, 3.63) is 65.7 Å². The van der Waals surface area contributed by atoms with Crippen LogP contribution in [0.4, 0.5) is 0 Å². The molecule has 2 aromatic carbocycles. The average molecular weight is 556 g/mol. The number of aliphatic carboxylic acids is 1. The summed E-state index contributed by atoms with van der Waals surface area (Å²) in [5.41, 5.74) is 17.6. The lowest BCUT2D eigenvalue weighted by Gasteiger charge is -2.25. The van der Waals surface area contributed by atoms with E-state index in [9.17, 15) is 29.4 Å². The Bertz CT molecular complexity index is 1170. The summed E-state index contributed by atoms with van der Waals surface area (Å²) in [7, 11) is 0. The molecule has 0 heterocycles. The Labute approximate surface area is 232 Å². The molecule has 4 atom stereocenters. The summed E-state index contributed by atoms with van der Waals surface area (Å²) in [5.74, 6) is -3.30. The Morgan fingerprint density at radius 3 is 1.80 bits per heavy atom. The fraction of sp³-hybridized carbons (Fsp3) is 0.370. The summed E-state index contributed by atoms with van der Waals surface area (Å²) in [4.78, 5) is 54.7. The van der Waals surface area contributed by atoms with E-state index < -0.39 is 47.9 Å². The first-order chi connectivity index (χ1) is 19.0. The molecule has 216 valence electrons. The molecular formula is C27H37N7O6. The van der Waals surface area contributed by atoms with Crippen molar-refractivity contribution in [2.45, 2.75) is 56.8 Å². The molecule has 0 aromatic heterocycles. The maximum Gasteiger partial charge on any atom is 0.326 e. The highest BCUT2D eigenvalue weighted by atomic mass is 16.4. The van der Waals surface area contributed by atoms with Crippen molar-refractivity contribution in [2.75, 3.05) is 6.54 Å². The van der Waals surface area contributed by atoms with E-state index in [-0.39, 0.29) is 37.5 Å². The Morgan fingerprint density at radius 2 is 1.30 bits per heavy atom. The number of hydrogen-bond acceptors (Lipinski definition) is 7. The van der Waals surface area contributed by atoms with Gasteiger partial charge in [-0.1, -0.05) is 42.5 Å². The summed E-state index contributed by atoms with van der Waals surface area (Å²) in [6.45, 7) is 1.65. The number of rotatable bonds is 15. The zero-order valence-corrected chi connectivity index (χ0v) is 22.2. The van der Waals surface area contributed by atoms with Gasteiger partial charge in [0.05, 0.1) is 6.04 Å². The van der Waals surface area contributed by atoms with Crippen molar-refractivity contribution in [1.29, 1.82) is 0 Å². The number of nitrogens with two attached hydrogens (primary N) is 3. The van der Waals surface area contributed by atoms with Gasteiger partial charge < -0.3 is 43.4 Å². The maximum absolute atomic E-state index is 13.4. The number of carboxylic acid groups (broad SMARTS) is 1. The molecular weight excluding hydrogens is 518 g/mol. The molecule has 4 unspecified atom stereocenters. The van der Waals surface area contributed by atoms with Crippen molar-refractivity contribution in [2.24, 2.45) is 22.2 Å². The van der Waals surface area contributed by atoms with Crippen molar-refractivity contribution >= 4 is 29.7 Å². The van der Waals surface area contributed by atoms with Crippen LogP contribution in [-0.2, 0) is 32.0 Å². The summed E-state index contributed by atoms with van der Waals surface area (Å²) in [6, 6.07) is 10.5. The normalized spacial score (nSPS) is 13.7. The average Bonchev–Trinajstić information content (AvgIpc) is 2.90. The number of nitrogens with zero attached hydrogens (tertiary/aromatic N) is 1. The number of hydrogen-bond donors (Lipinski definition) is 8. The fourth-order valence-corrected chi connectivity index (χ4v) is 3.74. The van der Waals surface area contributed by atoms with Gasteiger partial charge in [-0.2, -0.15) is 0 Å². The number of carbonyl (C=O) groups is 4. The highest BCUT2D eigenvalue weighted by molar-refractivity contribution is 5.94. The van der Waals surface area contributed by atoms with Crippen molar-refractivity contribution < 1.29 is 29.4 Å². The van der Waals surface area contributed by atoms with Gasteiger partial charge in [0.25, 0.3) is 0 Å². The number of carboxylic acids is 1. The number of carbonyl (C=O) groups excluding carboxylic acids is 3. The van der Waals surface area contributed by atoms with E-state index in [1.807, 2.05) is 0 Å². The number of benzene rings is 2. The molecule has 2 aromatic rings. The lowest BCUT2D eigenvalue weighted by atomic mass is 10.0. The van der Waals surface area contributed by atoms with Crippen LogP contribution in [-0.4, -0.2) is 70.6 Å². The second kappa shape index (κ2) is 15.7. The zero-order valence-electron chi connectivity index (χ0n) is 22.2. The molecule has 3 amide bonds. The van der Waals surface area contributed by atoms with Crippen LogP contribution < -0.4 is 33.2 Å². The second-order valence-corrected chi connectivity index (χ2v) is 9.32. The third-order valence-electron chi connectivity index (χ3n) is 5.90. The van der Waals surface area contributed by atoms with Crippen LogP contribution >= 0.6 is 0 Å². The van der Waals surface area contributed by atoms with E-state index in [0.717, 1.165) is 5.56 Å². The van der Waals surface area contributed by atoms with Crippen LogP contribution in [0.25, 0.3) is 0 Å². The molecule has 0 aliphatic carbocycles. The molecule has 0 radical (unpaired) electrons. The summed E-state index contributed by atoms with van der Waals surface area (Å²) < 4.78 is 0. The highest BCUT2D eigenvalue weighted by Gasteiger charge is 2.30. The first kappa shape index (κ1) is 31.6. The minimum absolute atomic E-state index is 0.0373. The summed E-state index contributed by atoms with van der Waals surface area (Å²) >= 11 is 0. The Hall–Kier alpha value is -4.65. The largest absolute Gasteiger partial charge is 0.508 e. The first-order valence-electron chi connectivity index (χ1n) is 12.7. The quantitative estimate of drug-likeness (QED) is 0.0772. The van der Waals surface area contributed by atoms with Crippen LogP contribution in [0, 0.1) is 0 Å². The monoisotopic (exact) mass is 555 g/mol. The molecule has 0 fully saturated rings.